The molecule has 5 rings (SSSR count). The van der Waals surface area contributed by atoms with Gasteiger partial charge >= 0.3 is 0 Å². The second kappa shape index (κ2) is 10.5. The molecule has 3 aromatic carbocycles. The third kappa shape index (κ3) is 5.02. The van der Waals surface area contributed by atoms with Gasteiger partial charge in [0.2, 0.25) is 0 Å². The van der Waals surface area contributed by atoms with Crippen LogP contribution in [-0.2, 0) is 6.54 Å². The summed E-state index contributed by atoms with van der Waals surface area (Å²) in [7, 11) is 0. The standard InChI is InChI=1S/C30H33N3O2/c1-3-35-25-14-15-28-26(20-25)30(34)27(22(2)31-28)21-32-16-18-33(19-17-32)29(23-10-6-4-7-11-23)24-12-8-5-9-13-24/h4-15,20,29H,3,16-19,21H2,1-2H3,(H,31,34). The summed E-state index contributed by atoms with van der Waals surface area (Å²) in [5.74, 6) is 0.738. The number of aromatic nitrogens is 1. The highest BCUT2D eigenvalue weighted by molar-refractivity contribution is 5.81. The van der Waals surface area contributed by atoms with Crippen LogP contribution >= 0.6 is 0 Å². The summed E-state index contributed by atoms with van der Waals surface area (Å²) >= 11 is 0. The number of aromatic amines is 1. The van der Waals surface area contributed by atoms with E-state index in [2.05, 4.69) is 75.4 Å². The van der Waals surface area contributed by atoms with Gasteiger partial charge in [-0.15, -0.1) is 0 Å². The maximum absolute atomic E-state index is 13.4. The molecule has 4 aromatic rings. The minimum atomic E-state index is 0.103. The first-order chi connectivity index (χ1) is 17.1. The highest BCUT2D eigenvalue weighted by Crippen LogP contribution is 2.29. The van der Waals surface area contributed by atoms with Crippen molar-refractivity contribution < 1.29 is 4.74 Å². The van der Waals surface area contributed by atoms with Gasteiger partial charge in [0, 0.05) is 54.9 Å². The van der Waals surface area contributed by atoms with E-state index in [1.54, 1.807) is 0 Å². The molecular weight excluding hydrogens is 434 g/mol. The summed E-state index contributed by atoms with van der Waals surface area (Å²) in [4.78, 5) is 21.8. The Bertz CT molecular complexity index is 1290. The van der Waals surface area contributed by atoms with Crippen molar-refractivity contribution in [2.75, 3.05) is 32.8 Å². The fourth-order valence-electron chi connectivity index (χ4n) is 5.17. The average Bonchev–Trinajstić information content (AvgIpc) is 2.89. The van der Waals surface area contributed by atoms with Crippen LogP contribution < -0.4 is 10.2 Å². The van der Waals surface area contributed by atoms with Crippen LogP contribution in [0.1, 0.15) is 35.3 Å². The van der Waals surface area contributed by atoms with Crippen molar-refractivity contribution >= 4 is 10.9 Å². The number of benzene rings is 3. The summed E-state index contributed by atoms with van der Waals surface area (Å²) < 4.78 is 5.63. The quantitative estimate of drug-likeness (QED) is 0.409. The molecule has 0 radical (unpaired) electrons. The molecule has 2 heterocycles. The molecule has 5 heteroatoms. The number of pyridine rings is 1. The Hall–Kier alpha value is -3.41. The van der Waals surface area contributed by atoms with Gasteiger partial charge in [-0.1, -0.05) is 60.7 Å². The first-order valence-corrected chi connectivity index (χ1v) is 12.5. The van der Waals surface area contributed by atoms with Gasteiger partial charge in [0.1, 0.15) is 5.75 Å². The summed E-state index contributed by atoms with van der Waals surface area (Å²) in [6.45, 7) is 8.95. The van der Waals surface area contributed by atoms with Crippen molar-refractivity contribution in [3.8, 4) is 5.75 Å². The molecular formula is C30H33N3O2. The Morgan fingerprint density at radius 3 is 2.11 bits per heavy atom. The Morgan fingerprint density at radius 2 is 1.51 bits per heavy atom. The summed E-state index contributed by atoms with van der Waals surface area (Å²) in [6.07, 6.45) is 0. The number of rotatable bonds is 7. The van der Waals surface area contributed by atoms with Crippen LogP contribution in [0.25, 0.3) is 10.9 Å². The number of hydrogen-bond donors (Lipinski definition) is 1. The molecule has 1 fully saturated rings. The zero-order valence-electron chi connectivity index (χ0n) is 20.5. The van der Waals surface area contributed by atoms with Crippen molar-refractivity contribution in [1.82, 2.24) is 14.8 Å². The molecule has 1 aliphatic rings. The third-order valence-corrected chi connectivity index (χ3v) is 6.98. The molecule has 5 nitrogen and oxygen atoms in total. The lowest BCUT2D eigenvalue weighted by Crippen LogP contribution is -2.47. The monoisotopic (exact) mass is 467 g/mol. The fourth-order valence-corrected chi connectivity index (χ4v) is 5.17. The number of hydrogen-bond acceptors (Lipinski definition) is 4. The molecule has 180 valence electrons. The van der Waals surface area contributed by atoms with E-state index < -0.39 is 0 Å². The minimum absolute atomic E-state index is 0.103. The van der Waals surface area contributed by atoms with Crippen LogP contribution in [0.5, 0.6) is 5.75 Å². The van der Waals surface area contributed by atoms with Gasteiger partial charge in [0.15, 0.2) is 5.43 Å². The van der Waals surface area contributed by atoms with Crippen LogP contribution in [-0.4, -0.2) is 47.6 Å². The maximum atomic E-state index is 13.4. The first-order valence-electron chi connectivity index (χ1n) is 12.5. The van der Waals surface area contributed by atoms with E-state index in [9.17, 15) is 4.79 Å². The summed E-state index contributed by atoms with van der Waals surface area (Å²) in [5.41, 5.74) is 5.39. The van der Waals surface area contributed by atoms with Crippen LogP contribution in [0.2, 0.25) is 0 Å². The van der Waals surface area contributed by atoms with Gasteiger partial charge in [0.05, 0.1) is 12.6 Å². The minimum Gasteiger partial charge on any atom is -0.494 e. The van der Waals surface area contributed by atoms with Crippen LogP contribution in [0.15, 0.2) is 83.7 Å². The van der Waals surface area contributed by atoms with E-state index in [1.165, 1.54) is 11.1 Å². The number of nitrogens with one attached hydrogen (secondary N) is 1. The molecule has 1 aliphatic heterocycles. The zero-order valence-corrected chi connectivity index (χ0v) is 20.5. The molecule has 1 aromatic heterocycles. The lowest BCUT2D eigenvalue weighted by Gasteiger charge is -2.40. The maximum Gasteiger partial charge on any atom is 0.194 e. The Morgan fingerprint density at radius 1 is 0.886 bits per heavy atom. The smallest absolute Gasteiger partial charge is 0.194 e. The van der Waals surface area contributed by atoms with E-state index in [4.69, 9.17) is 4.74 Å². The molecule has 0 bridgehead atoms. The molecule has 0 amide bonds. The lowest BCUT2D eigenvalue weighted by molar-refractivity contribution is 0.104. The topological polar surface area (TPSA) is 48.6 Å². The Kier molecular flexibility index (Phi) is 6.98. The number of aryl methyl sites for hydroxylation is 1. The lowest BCUT2D eigenvalue weighted by atomic mass is 9.96. The van der Waals surface area contributed by atoms with E-state index >= 15 is 0 Å². The van der Waals surface area contributed by atoms with Gasteiger partial charge in [0.25, 0.3) is 0 Å². The third-order valence-electron chi connectivity index (χ3n) is 6.98. The first kappa shape index (κ1) is 23.3. The van der Waals surface area contributed by atoms with E-state index in [1.807, 2.05) is 32.0 Å². The molecule has 0 unspecified atom stereocenters. The van der Waals surface area contributed by atoms with E-state index in [-0.39, 0.29) is 11.5 Å². The summed E-state index contributed by atoms with van der Waals surface area (Å²) in [6, 6.07) is 27.5. The number of ether oxygens (including phenoxy) is 1. The van der Waals surface area contributed by atoms with Gasteiger partial charge < -0.3 is 9.72 Å². The average molecular weight is 468 g/mol. The largest absolute Gasteiger partial charge is 0.494 e. The van der Waals surface area contributed by atoms with Gasteiger partial charge in [-0.05, 0) is 43.2 Å². The zero-order chi connectivity index (χ0) is 24.2. The number of piperazine rings is 1. The van der Waals surface area contributed by atoms with Crippen molar-refractivity contribution in [2.24, 2.45) is 0 Å². The van der Waals surface area contributed by atoms with Gasteiger partial charge in [-0.2, -0.15) is 0 Å². The molecule has 1 N–H and O–H groups in total. The highest BCUT2D eigenvalue weighted by Gasteiger charge is 2.27. The van der Waals surface area contributed by atoms with Crippen molar-refractivity contribution in [3.05, 3.63) is 111 Å². The highest BCUT2D eigenvalue weighted by atomic mass is 16.5. The Labute approximate surface area is 207 Å². The molecule has 0 saturated carbocycles. The molecule has 0 aliphatic carbocycles. The van der Waals surface area contributed by atoms with Gasteiger partial charge in [-0.25, -0.2) is 0 Å². The van der Waals surface area contributed by atoms with Crippen LogP contribution in [0, 0.1) is 6.92 Å². The molecule has 0 atom stereocenters. The van der Waals surface area contributed by atoms with E-state index in [0.717, 1.165) is 48.7 Å². The fraction of sp³-hybridized carbons (Fsp3) is 0.300. The van der Waals surface area contributed by atoms with Crippen LogP contribution in [0.3, 0.4) is 0 Å². The number of H-pyrrole nitrogens is 1. The SMILES string of the molecule is CCOc1ccc2[nH]c(C)c(CN3CCN(C(c4ccccc4)c4ccccc4)CC3)c(=O)c2c1. The van der Waals surface area contributed by atoms with Crippen LogP contribution in [0.4, 0.5) is 0 Å². The van der Waals surface area contributed by atoms with Gasteiger partial charge in [-0.3, -0.25) is 14.6 Å². The summed E-state index contributed by atoms with van der Waals surface area (Å²) in [5, 5.41) is 0.698. The molecule has 1 saturated heterocycles. The van der Waals surface area contributed by atoms with Crippen molar-refractivity contribution in [2.45, 2.75) is 26.4 Å². The molecule has 0 spiro atoms. The predicted octanol–water partition coefficient (Wildman–Crippen LogP) is 5.14. The number of nitrogens with zero attached hydrogens (tertiary/aromatic N) is 2. The van der Waals surface area contributed by atoms with Crippen molar-refractivity contribution in [3.63, 3.8) is 0 Å². The van der Waals surface area contributed by atoms with E-state index in [0.29, 0.717) is 18.5 Å². The normalized spacial score (nSPS) is 15.1. The second-order valence-electron chi connectivity index (χ2n) is 9.23. The van der Waals surface area contributed by atoms with Crippen molar-refractivity contribution in [1.29, 1.82) is 0 Å². The predicted molar refractivity (Wildman–Crippen MR) is 142 cm³/mol. The molecule has 35 heavy (non-hydrogen) atoms. The number of fused-ring (bicyclic) bond motifs is 1. The Balaban J connectivity index is 1.34. The second-order valence-corrected chi connectivity index (χ2v) is 9.23.